The Balaban J connectivity index is 3.32. The lowest BCUT2D eigenvalue weighted by molar-refractivity contribution is 0.200. The first kappa shape index (κ1) is 14.3. The first-order chi connectivity index (χ1) is 6.45. The lowest BCUT2D eigenvalue weighted by Gasteiger charge is -2.23. The zero-order chi connectivity index (χ0) is 11.0. The Morgan fingerprint density at radius 2 is 2.00 bits per heavy atom. The molecule has 0 amide bonds. The van der Waals surface area contributed by atoms with Gasteiger partial charge in [-0.15, -0.1) is 0 Å². The molecule has 1 atom stereocenters. The van der Waals surface area contributed by atoms with E-state index in [2.05, 4.69) is 33.0 Å². The third-order valence-electron chi connectivity index (χ3n) is 1.82. The molecular formula is C11H25NOS. The second kappa shape index (κ2) is 7.55. The molecule has 0 bridgehead atoms. The normalized spacial score (nSPS) is 14.4. The van der Waals surface area contributed by atoms with Crippen molar-refractivity contribution in [1.29, 1.82) is 0 Å². The van der Waals surface area contributed by atoms with Gasteiger partial charge in [-0.1, -0.05) is 6.92 Å². The van der Waals surface area contributed by atoms with Crippen LogP contribution in [0.3, 0.4) is 0 Å². The van der Waals surface area contributed by atoms with E-state index in [-0.39, 0.29) is 5.54 Å². The van der Waals surface area contributed by atoms with Gasteiger partial charge in [0.2, 0.25) is 0 Å². The largest absolute Gasteiger partial charge is 0.385 e. The van der Waals surface area contributed by atoms with Crippen molar-refractivity contribution < 1.29 is 4.74 Å². The van der Waals surface area contributed by atoms with E-state index in [0.717, 1.165) is 19.6 Å². The summed E-state index contributed by atoms with van der Waals surface area (Å²) in [6.45, 7) is 10.9. The van der Waals surface area contributed by atoms with Gasteiger partial charge in [0.15, 0.2) is 0 Å². The number of thioether (sulfide) groups is 1. The third-order valence-corrected chi connectivity index (χ3v) is 3.08. The van der Waals surface area contributed by atoms with Crippen LogP contribution in [0.1, 0.15) is 34.1 Å². The van der Waals surface area contributed by atoms with E-state index >= 15 is 0 Å². The quantitative estimate of drug-likeness (QED) is 0.665. The van der Waals surface area contributed by atoms with Gasteiger partial charge in [0.1, 0.15) is 0 Å². The van der Waals surface area contributed by atoms with Gasteiger partial charge in [-0.2, -0.15) is 11.8 Å². The highest BCUT2D eigenvalue weighted by Crippen LogP contribution is 2.12. The maximum atomic E-state index is 5.01. The molecule has 86 valence electrons. The van der Waals surface area contributed by atoms with Gasteiger partial charge in [0.25, 0.3) is 0 Å². The Morgan fingerprint density at radius 3 is 2.50 bits per heavy atom. The van der Waals surface area contributed by atoms with Crippen LogP contribution in [0.25, 0.3) is 0 Å². The van der Waals surface area contributed by atoms with Crippen LogP contribution in [0.5, 0.6) is 0 Å². The van der Waals surface area contributed by atoms with Crippen LogP contribution in [-0.2, 0) is 4.74 Å². The summed E-state index contributed by atoms with van der Waals surface area (Å²) < 4.78 is 5.01. The second-order valence-electron chi connectivity index (χ2n) is 4.66. The lowest BCUT2D eigenvalue weighted by Crippen LogP contribution is -2.39. The van der Waals surface area contributed by atoms with Crippen LogP contribution in [0.15, 0.2) is 0 Å². The number of hydrogen-bond acceptors (Lipinski definition) is 3. The molecule has 0 aliphatic carbocycles. The fourth-order valence-electron chi connectivity index (χ4n) is 0.997. The monoisotopic (exact) mass is 219 g/mol. The topological polar surface area (TPSA) is 21.3 Å². The summed E-state index contributed by atoms with van der Waals surface area (Å²) in [6, 6.07) is 0. The lowest BCUT2D eigenvalue weighted by atomic mass is 10.1. The van der Waals surface area contributed by atoms with Crippen molar-refractivity contribution in [3.8, 4) is 0 Å². The Morgan fingerprint density at radius 1 is 1.36 bits per heavy atom. The molecule has 0 spiro atoms. The first-order valence-corrected chi connectivity index (χ1v) is 6.36. The fraction of sp³-hybridized carbons (Fsp3) is 1.00. The highest BCUT2D eigenvalue weighted by molar-refractivity contribution is 7.99. The summed E-state index contributed by atoms with van der Waals surface area (Å²) >= 11 is 2.01. The molecule has 0 radical (unpaired) electrons. The molecule has 0 rings (SSSR count). The van der Waals surface area contributed by atoms with Crippen LogP contribution >= 0.6 is 11.8 Å². The summed E-state index contributed by atoms with van der Waals surface area (Å²) in [5.41, 5.74) is 0.237. The highest BCUT2D eigenvalue weighted by Gasteiger charge is 2.10. The molecule has 0 aliphatic heterocycles. The van der Waals surface area contributed by atoms with E-state index < -0.39 is 0 Å². The summed E-state index contributed by atoms with van der Waals surface area (Å²) in [6.07, 6.45) is 1.15. The van der Waals surface area contributed by atoms with Crippen LogP contribution in [0, 0.1) is 0 Å². The molecule has 0 aromatic heterocycles. The molecule has 0 saturated heterocycles. The van der Waals surface area contributed by atoms with Crippen molar-refractivity contribution in [2.75, 3.05) is 26.0 Å². The molecule has 0 aromatic rings. The smallest absolute Gasteiger partial charge is 0.0470 e. The minimum atomic E-state index is 0.237. The Bertz CT molecular complexity index is 134. The van der Waals surface area contributed by atoms with Gasteiger partial charge in [-0.3, -0.25) is 0 Å². The number of methoxy groups -OCH3 is 1. The standard InChI is InChI=1S/C11H25NOS/c1-10(9-12-11(2,3)4)14-8-6-7-13-5/h10,12H,6-9H2,1-5H3. The average molecular weight is 219 g/mol. The zero-order valence-electron chi connectivity index (χ0n) is 10.2. The van der Waals surface area contributed by atoms with Gasteiger partial charge in [-0.05, 0) is 32.9 Å². The zero-order valence-corrected chi connectivity index (χ0v) is 11.0. The van der Waals surface area contributed by atoms with Crippen LogP contribution < -0.4 is 5.32 Å². The SMILES string of the molecule is COCCCSC(C)CNC(C)(C)C. The van der Waals surface area contributed by atoms with Gasteiger partial charge < -0.3 is 10.1 Å². The first-order valence-electron chi connectivity index (χ1n) is 5.31. The van der Waals surface area contributed by atoms with Crippen molar-refractivity contribution in [2.24, 2.45) is 0 Å². The molecule has 0 aliphatic rings. The Labute approximate surface area is 93.2 Å². The van der Waals surface area contributed by atoms with Crippen molar-refractivity contribution in [1.82, 2.24) is 5.32 Å². The Kier molecular flexibility index (Phi) is 7.69. The van der Waals surface area contributed by atoms with Crippen LogP contribution in [0.2, 0.25) is 0 Å². The van der Waals surface area contributed by atoms with E-state index in [4.69, 9.17) is 4.74 Å². The summed E-state index contributed by atoms with van der Waals surface area (Å²) in [4.78, 5) is 0. The van der Waals surface area contributed by atoms with Gasteiger partial charge in [0, 0.05) is 31.1 Å². The van der Waals surface area contributed by atoms with Crippen molar-refractivity contribution in [2.45, 2.75) is 44.9 Å². The van der Waals surface area contributed by atoms with E-state index in [1.54, 1.807) is 7.11 Å². The molecule has 1 unspecified atom stereocenters. The van der Waals surface area contributed by atoms with Crippen LogP contribution in [0.4, 0.5) is 0 Å². The second-order valence-corrected chi connectivity index (χ2v) is 6.20. The maximum absolute atomic E-state index is 5.01. The minimum absolute atomic E-state index is 0.237. The summed E-state index contributed by atoms with van der Waals surface area (Å²) in [5, 5.41) is 4.20. The van der Waals surface area contributed by atoms with Gasteiger partial charge >= 0.3 is 0 Å². The Hall–Kier alpha value is 0.270. The molecular weight excluding hydrogens is 194 g/mol. The average Bonchev–Trinajstić information content (AvgIpc) is 2.08. The molecule has 0 saturated carbocycles. The predicted octanol–water partition coefficient (Wildman–Crippen LogP) is 2.53. The van der Waals surface area contributed by atoms with Crippen molar-refractivity contribution in [3.05, 3.63) is 0 Å². The van der Waals surface area contributed by atoms with Crippen LogP contribution in [-0.4, -0.2) is 36.8 Å². The third kappa shape index (κ3) is 10.4. The van der Waals surface area contributed by atoms with Crippen molar-refractivity contribution >= 4 is 11.8 Å². The van der Waals surface area contributed by atoms with E-state index in [1.165, 1.54) is 5.75 Å². The predicted molar refractivity (Wildman–Crippen MR) is 66.2 cm³/mol. The summed E-state index contributed by atoms with van der Waals surface area (Å²) in [7, 11) is 1.76. The fourth-order valence-corrected chi connectivity index (χ4v) is 1.88. The van der Waals surface area contributed by atoms with E-state index in [9.17, 15) is 0 Å². The van der Waals surface area contributed by atoms with Gasteiger partial charge in [-0.25, -0.2) is 0 Å². The summed E-state index contributed by atoms with van der Waals surface area (Å²) in [5.74, 6) is 1.20. The minimum Gasteiger partial charge on any atom is -0.385 e. The number of ether oxygens (including phenoxy) is 1. The number of rotatable bonds is 7. The molecule has 3 heteroatoms. The van der Waals surface area contributed by atoms with Crippen molar-refractivity contribution in [3.63, 3.8) is 0 Å². The molecule has 0 heterocycles. The van der Waals surface area contributed by atoms with E-state index in [1.807, 2.05) is 11.8 Å². The molecule has 0 fully saturated rings. The molecule has 1 N–H and O–H groups in total. The van der Waals surface area contributed by atoms with Gasteiger partial charge in [0.05, 0.1) is 0 Å². The number of hydrogen-bond donors (Lipinski definition) is 1. The molecule has 14 heavy (non-hydrogen) atoms. The van der Waals surface area contributed by atoms with E-state index in [0.29, 0.717) is 5.25 Å². The number of nitrogens with one attached hydrogen (secondary N) is 1. The maximum Gasteiger partial charge on any atom is 0.0470 e. The highest BCUT2D eigenvalue weighted by atomic mass is 32.2. The molecule has 2 nitrogen and oxygen atoms in total. The molecule has 0 aromatic carbocycles.